The van der Waals surface area contributed by atoms with E-state index in [4.69, 9.17) is 15.2 Å². The van der Waals surface area contributed by atoms with E-state index in [9.17, 15) is 5.11 Å². The average molecular weight is 207 g/mol. The van der Waals surface area contributed by atoms with Crippen LogP contribution in [0.2, 0.25) is 0 Å². The number of hydrogen-bond acceptors (Lipinski definition) is 4. The third-order valence-corrected chi connectivity index (χ3v) is 2.12. The van der Waals surface area contributed by atoms with Crippen LogP contribution in [0, 0.1) is 0 Å². The van der Waals surface area contributed by atoms with E-state index in [0.29, 0.717) is 36.8 Å². The number of rotatable bonds is 2. The molecule has 0 fully saturated rings. The second-order valence-corrected chi connectivity index (χ2v) is 3.19. The molecule has 0 radical (unpaired) electrons. The van der Waals surface area contributed by atoms with Crippen LogP contribution >= 0.6 is 0 Å². The molecule has 0 saturated heterocycles. The van der Waals surface area contributed by atoms with E-state index in [1.165, 1.54) is 0 Å². The lowest BCUT2D eigenvalue weighted by molar-refractivity contribution is 0.171. The van der Waals surface area contributed by atoms with Gasteiger partial charge in [0.05, 0.1) is 0 Å². The van der Waals surface area contributed by atoms with Crippen molar-refractivity contribution in [2.24, 2.45) is 5.73 Å². The zero-order valence-corrected chi connectivity index (χ0v) is 8.27. The summed E-state index contributed by atoms with van der Waals surface area (Å²) in [7, 11) is 0. The standard InChI is InChI=1S/C11H13NO3/c12-3-1-2-8-6-10-11(7-9(8)13)15-5-4-14-10/h1-2,6-7,13H,3-5,12H2/b2-1+. The summed E-state index contributed by atoms with van der Waals surface area (Å²) in [5, 5.41) is 9.67. The topological polar surface area (TPSA) is 64.7 Å². The fourth-order valence-electron chi connectivity index (χ4n) is 1.42. The number of nitrogens with two attached hydrogens (primary N) is 1. The number of fused-ring (bicyclic) bond motifs is 1. The summed E-state index contributed by atoms with van der Waals surface area (Å²) < 4.78 is 10.7. The van der Waals surface area contributed by atoms with Crippen molar-refractivity contribution >= 4 is 6.08 Å². The minimum atomic E-state index is 0.170. The van der Waals surface area contributed by atoms with E-state index in [-0.39, 0.29) is 5.75 Å². The van der Waals surface area contributed by atoms with Gasteiger partial charge < -0.3 is 20.3 Å². The second-order valence-electron chi connectivity index (χ2n) is 3.19. The van der Waals surface area contributed by atoms with Gasteiger partial charge in [-0.3, -0.25) is 0 Å². The van der Waals surface area contributed by atoms with E-state index in [2.05, 4.69) is 0 Å². The maximum Gasteiger partial charge on any atom is 0.165 e. The fraction of sp³-hybridized carbons (Fsp3) is 0.273. The Kier molecular flexibility index (Phi) is 2.78. The summed E-state index contributed by atoms with van der Waals surface area (Å²) in [6.07, 6.45) is 3.53. The monoisotopic (exact) mass is 207 g/mol. The Morgan fingerprint density at radius 2 is 1.93 bits per heavy atom. The van der Waals surface area contributed by atoms with E-state index < -0.39 is 0 Å². The van der Waals surface area contributed by atoms with Gasteiger partial charge in [-0.2, -0.15) is 0 Å². The molecule has 0 unspecified atom stereocenters. The van der Waals surface area contributed by atoms with Crippen LogP contribution in [0.3, 0.4) is 0 Å². The molecule has 3 N–H and O–H groups in total. The molecule has 1 aromatic carbocycles. The number of ether oxygens (including phenoxy) is 2. The SMILES string of the molecule is NC/C=C/c1cc2c(cc1O)OCCO2. The first-order valence-corrected chi connectivity index (χ1v) is 4.80. The van der Waals surface area contributed by atoms with Gasteiger partial charge in [0.15, 0.2) is 11.5 Å². The van der Waals surface area contributed by atoms with Gasteiger partial charge in [0.25, 0.3) is 0 Å². The molecule has 0 aromatic heterocycles. The van der Waals surface area contributed by atoms with Crippen molar-refractivity contribution in [2.45, 2.75) is 0 Å². The minimum Gasteiger partial charge on any atom is -0.507 e. The highest BCUT2D eigenvalue weighted by Gasteiger charge is 2.14. The lowest BCUT2D eigenvalue weighted by Gasteiger charge is -2.19. The predicted octanol–water partition coefficient (Wildman–Crippen LogP) is 1.14. The van der Waals surface area contributed by atoms with Gasteiger partial charge >= 0.3 is 0 Å². The van der Waals surface area contributed by atoms with Crippen LogP contribution in [-0.4, -0.2) is 24.9 Å². The molecule has 80 valence electrons. The summed E-state index contributed by atoms with van der Waals surface area (Å²) >= 11 is 0. The quantitative estimate of drug-likeness (QED) is 0.763. The van der Waals surface area contributed by atoms with Gasteiger partial charge in [-0.05, 0) is 6.07 Å². The number of phenolic OH excluding ortho intramolecular Hbond substituents is 1. The van der Waals surface area contributed by atoms with Crippen molar-refractivity contribution in [3.8, 4) is 17.2 Å². The number of hydrogen-bond donors (Lipinski definition) is 2. The molecule has 0 aliphatic carbocycles. The second kappa shape index (κ2) is 4.23. The number of phenols is 1. The minimum absolute atomic E-state index is 0.170. The first kappa shape index (κ1) is 9.86. The Bertz CT molecular complexity index is 388. The maximum atomic E-state index is 9.67. The van der Waals surface area contributed by atoms with Gasteiger partial charge in [0.2, 0.25) is 0 Å². The molecule has 1 aliphatic heterocycles. The van der Waals surface area contributed by atoms with Gasteiger partial charge in [0, 0.05) is 18.2 Å². The molecular formula is C11H13NO3. The molecule has 0 amide bonds. The van der Waals surface area contributed by atoms with Crippen molar-refractivity contribution in [3.05, 3.63) is 23.8 Å². The lowest BCUT2D eigenvalue weighted by atomic mass is 10.1. The van der Waals surface area contributed by atoms with Crippen molar-refractivity contribution in [2.75, 3.05) is 19.8 Å². The molecule has 4 heteroatoms. The van der Waals surface area contributed by atoms with Crippen LogP contribution in [-0.2, 0) is 0 Å². The molecule has 0 bridgehead atoms. The van der Waals surface area contributed by atoms with Crippen LogP contribution in [0.1, 0.15) is 5.56 Å². The number of aromatic hydroxyl groups is 1. The Balaban J connectivity index is 2.36. The van der Waals surface area contributed by atoms with Crippen LogP contribution in [0.15, 0.2) is 18.2 Å². The molecular weight excluding hydrogens is 194 g/mol. The third kappa shape index (κ3) is 2.05. The highest BCUT2D eigenvalue weighted by Crippen LogP contribution is 2.36. The zero-order valence-electron chi connectivity index (χ0n) is 8.27. The summed E-state index contributed by atoms with van der Waals surface area (Å²) in [4.78, 5) is 0. The molecule has 0 saturated carbocycles. The first-order valence-electron chi connectivity index (χ1n) is 4.80. The molecule has 2 rings (SSSR count). The van der Waals surface area contributed by atoms with Gasteiger partial charge in [-0.1, -0.05) is 12.2 Å². The van der Waals surface area contributed by atoms with Crippen LogP contribution in [0.5, 0.6) is 17.2 Å². The fourth-order valence-corrected chi connectivity index (χ4v) is 1.42. The summed E-state index contributed by atoms with van der Waals surface area (Å²) in [5.41, 5.74) is 6.02. The smallest absolute Gasteiger partial charge is 0.165 e. The number of benzene rings is 1. The molecule has 0 spiro atoms. The van der Waals surface area contributed by atoms with E-state index >= 15 is 0 Å². The molecule has 1 aromatic rings. The first-order chi connectivity index (χ1) is 7.31. The van der Waals surface area contributed by atoms with Crippen molar-refractivity contribution in [1.82, 2.24) is 0 Å². The Morgan fingerprint density at radius 3 is 2.60 bits per heavy atom. The molecule has 0 atom stereocenters. The van der Waals surface area contributed by atoms with E-state index in [0.717, 1.165) is 0 Å². The van der Waals surface area contributed by atoms with Crippen molar-refractivity contribution < 1.29 is 14.6 Å². The molecule has 15 heavy (non-hydrogen) atoms. The lowest BCUT2D eigenvalue weighted by Crippen LogP contribution is -2.15. The molecule has 1 heterocycles. The van der Waals surface area contributed by atoms with Crippen LogP contribution in [0.4, 0.5) is 0 Å². The van der Waals surface area contributed by atoms with Gasteiger partial charge in [-0.25, -0.2) is 0 Å². The normalized spacial score (nSPS) is 14.5. The molecule has 1 aliphatic rings. The maximum absolute atomic E-state index is 9.67. The zero-order chi connectivity index (χ0) is 10.7. The largest absolute Gasteiger partial charge is 0.507 e. The Hall–Kier alpha value is -1.68. The summed E-state index contributed by atoms with van der Waals surface area (Å²) in [6, 6.07) is 3.31. The Morgan fingerprint density at radius 1 is 1.27 bits per heavy atom. The van der Waals surface area contributed by atoms with E-state index in [1.54, 1.807) is 24.3 Å². The van der Waals surface area contributed by atoms with E-state index in [1.807, 2.05) is 0 Å². The predicted molar refractivity (Wildman–Crippen MR) is 57.2 cm³/mol. The van der Waals surface area contributed by atoms with Crippen molar-refractivity contribution in [1.29, 1.82) is 0 Å². The highest BCUT2D eigenvalue weighted by atomic mass is 16.6. The third-order valence-electron chi connectivity index (χ3n) is 2.12. The van der Waals surface area contributed by atoms with Crippen LogP contribution < -0.4 is 15.2 Å². The van der Waals surface area contributed by atoms with Crippen molar-refractivity contribution in [3.63, 3.8) is 0 Å². The summed E-state index contributed by atoms with van der Waals surface area (Å²) in [6.45, 7) is 1.50. The Labute approximate surface area is 87.9 Å². The summed E-state index contributed by atoms with van der Waals surface area (Å²) in [5.74, 6) is 1.42. The highest BCUT2D eigenvalue weighted by molar-refractivity contribution is 5.63. The van der Waals surface area contributed by atoms with Gasteiger partial charge in [-0.15, -0.1) is 0 Å². The van der Waals surface area contributed by atoms with Gasteiger partial charge in [0.1, 0.15) is 19.0 Å². The van der Waals surface area contributed by atoms with Crippen LogP contribution in [0.25, 0.3) is 6.08 Å². The average Bonchev–Trinajstić information content (AvgIpc) is 2.26. The molecule has 4 nitrogen and oxygen atoms in total.